The number of aryl methyl sites for hydroxylation is 1. The molecule has 0 radical (unpaired) electrons. The van der Waals surface area contributed by atoms with Crippen LogP contribution in [0.5, 0.6) is 0 Å². The number of carbonyl (C=O) groups is 1. The van der Waals surface area contributed by atoms with E-state index in [1.807, 2.05) is 0 Å². The highest BCUT2D eigenvalue weighted by Gasteiger charge is 2.14. The van der Waals surface area contributed by atoms with E-state index in [1.54, 1.807) is 12.1 Å². The van der Waals surface area contributed by atoms with Gasteiger partial charge in [-0.15, -0.1) is 0 Å². The Hall–Kier alpha value is -4.15. The zero-order valence-electron chi connectivity index (χ0n) is 16.0. The minimum Gasteiger partial charge on any atom is -0.456 e. The first-order valence-electron chi connectivity index (χ1n) is 9.26. The lowest BCUT2D eigenvalue weighted by Crippen LogP contribution is -2.05. The van der Waals surface area contributed by atoms with Crippen LogP contribution in [0.2, 0.25) is 0 Å². The summed E-state index contributed by atoms with van der Waals surface area (Å²) in [7, 11) is 0. The van der Waals surface area contributed by atoms with Gasteiger partial charge in [0.25, 0.3) is 5.69 Å². The lowest BCUT2D eigenvalue weighted by Gasteiger charge is -2.00. The first kappa shape index (κ1) is 20.1. The van der Waals surface area contributed by atoms with Gasteiger partial charge in [0.1, 0.15) is 11.3 Å². The highest BCUT2D eigenvalue weighted by atomic mass is 19.1. The third-order valence-corrected chi connectivity index (χ3v) is 4.32. The van der Waals surface area contributed by atoms with Crippen LogP contribution in [0.4, 0.5) is 10.1 Å². The monoisotopic (exact) mass is 426 g/mol. The van der Waals surface area contributed by atoms with Crippen molar-refractivity contribution in [3.8, 4) is 11.4 Å². The van der Waals surface area contributed by atoms with Gasteiger partial charge in [-0.2, -0.15) is 4.98 Å². The summed E-state index contributed by atoms with van der Waals surface area (Å²) in [5, 5.41) is 14.6. The molecule has 0 saturated heterocycles. The summed E-state index contributed by atoms with van der Waals surface area (Å²) in [6.07, 6.45) is 0.902. The lowest BCUT2D eigenvalue weighted by atomic mass is 10.2. The lowest BCUT2D eigenvalue weighted by molar-refractivity contribution is -0.384. The van der Waals surface area contributed by atoms with Crippen molar-refractivity contribution in [2.24, 2.45) is 0 Å². The molecule has 0 bridgehead atoms. The second kappa shape index (κ2) is 8.69. The average molecular weight is 426 g/mol. The van der Waals surface area contributed by atoms with Crippen molar-refractivity contribution in [2.45, 2.75) is 25.9 Å². The van der Waals surface area contributed by atoms with Gasteiger partial charge < -0.3 is 13.7 Å². The van der Waals surface area contributed by atoms with Gasteiger partial charge in [0, 0.05) is 30.5 Å². The van der Waals surface area contributed by atoms with Gasteiger partial charge in [-0.25, -0.2) is 9.37 Å². The Bertz CT molecular complexity index is 1230. The Morgan fingerprint density at radius 3 is 2.71 bits per heavy atom. The Morgan fingerprint density at radius 1 is 1.13 bits per heavy atom. The highest BCUT2D eigenvalue weighted by Crippen LogP contribution is 2.22. The molecule has 10 nitrogen and oxygen atoms in total. The molecule has 2 aromatic heterocycles. The van der Waals surface area contributed by atoms with E-state index in [2.05, 4.69) is 15.1 Å². The van der Waals surface area contributed by atoms with Crippen LogP contribution in [0, 0.1) is 15.9 Å². The van der Waals surface area contributed by atoms with E-state index >= 15 is 0 Å². The van der Waals surface area contributed by atoms with E-state index in [9.17, 15) is 19.3 Å². The molecule has 0 aliphatic heterocycles. The molecule has 0 amide bonds. The molecule has 4 aromatic rings. The number of oxazole rings is 1. The van der Waals surface area contributed by atoms with Gasteiger partial charge in [-0.3, -0.25) is 14.9 Å². The number of esters is 1. The molecule has 4 rings (SSSR count). The molecule has 11 heteroatoms. The number of nitrogens with zero attached hydrogens (tertiary/aromatic N) is 4. The maximum atomic E-state index is 13.0. The Morgan fingerprint density at radius 2 is 1.94 bits per heavy atom. The van der Waals surface area contributed by atoms with Gasteiger partial charge in [0.15, 0.2) is 12.2 Å². The minimum absolute atomic E-state index is 0.104. The number of rotatable bonds is 8. The maximum absolute atomic E-state index is 13.0. The molecule has 2 heterocycles. The molecule has 0 saturated carbocycles. The highest BCUT2D eigenvalue weighted by molar-refractivity contribution is 5.75. The average Bonchev–Trinajstić information content (AvgIpc) is 3.39. The number of non-ortho nitro benzene ring substituents is 1. The molecule has 2 aromatic carbocycles. The number of carbonyl (C=O) groups excluding carboxylic acids is 1. The summed E-state index contributed by atoms with van der Waals surface area (Å²) in [4.78, 5) is 30.5. The predicted octanol–water partition coefficient (Wildman–Crippen LogP) is 3.99. The van der Waals surface area contributed by atoms with E-state index in [0.29, 0.717) is 41.2 Å². The molecule has 0 spiro atoms. The van der Waals surface area contributed by atoms with Crippen LogP contribution >= 0.6 is 0 Å². The maximum Gasteiger partial charge on any atom is 0.306 e. The SMILES string of the molecule is O=C(CCCc1nc(-c2ccc(F)cc2)no1)OCc1nc2cc([N+](=O)[O-])ccc2o1. The predicted molar refractivity (Wildman–Crippen MR) is 103 cm³/mol. The number of hydrogen-bond acceptors (Lipinski definition) is 9. The quantitative estimate of drug-likeness (QED) is 0.233. The number of benzene rings is 2. The van der Waals surface area contributed by atoms with Crippen molar-refractivity contribution in [3.63, 3.8) is 0 Å². The van der Waals surface area contributed by atoms with E-state index in [0.717, 1.165) is 0 Å². The Balaban J connectivity index is 1.25. The van der Waals surface area contributed by atoms with Crippen molar-refractivity contribution in [3.05, 3.63) is 70.2 Å². The van der Waals surface area contributed by atoms with Crippen molar-refractivity contribution >= 4 is 22.8 Å². The second-order valence-corrected chi connectivity index (χ2v) is 6.55. The van der Waals surface area contributed by atoms with E-state index in [-0.39, 0.29) is 30.4 Å². The molecule has 158 valence electrons. The number of halogens is 1. The number of aromatic nitrogens is 3. The zero-order valence-corrected chi connectivity index (χ0v) is 16.0. The number of ether oxygens (including phenoxy) is 1. The summed E-state index contributed by atoms with van der Waals surface area (Å²) in [5.41, 5.74) is 1.20. The fourth-order valence-electron chi connectivity index (χ4n) is 2.81. The van der Waals surface area contributed by atoms with E-state index in [4.69, 9.17) is 13.7 Å². The van der Waals surface area contributed by atoms with Gasteiger partial charge in [0.2, 0.25) is 17.6 Å². The van der Waals surface area contributed by atoms with Crippen LogP contribution in [0.25, 0.3) is 22.5 Å². The number of nitro groups is 1. The molecule has 0 atom stereocenters. The molecule has 0 N–H and O–H groups in total. The van der Waals surface area contributed by atoms with Crippen LogP contribution < -0.4 is 0 Å². The fraction of sp³-hybridized carbons (Fsp3) is 0.200. The van der Waals surface area contributed by atoms with Crippen LogP contribution in [0.15, 0.2) is 51.4 Å². The summed E-state index contributed by atoms with van der Waals surface area (Å²) in [6.45, 7) is -0.184. The number of nitro benzene ring substituents is 1. The molecule has 31 heavy (non-hydrogen) atoms. The van der Waals surface area contributed by atoms with E-state index in [1.165, 1.54) is 30.3 Å². The van der Waals surface area contributed by atoms with Crippen molar-refractivity contribution in [1.82, 2.24) is 15.1 Å². The van der Waals surface area contributed by atoms with Crippen LogP contribution in [-0.4, -0.2) is 26.0 Å². The van der Waals surface area contributed by atoms with Crippen molar-refractivity contribution in [1.29, 1.82) is 0 Å². The molecule has 0 aliphatic carbocycles. The minimum atomic E-state index is -0.528. The van der Waals surface area contributed by atoms with Gasteiger partial charge in [-0.1, -0.05) is 5.16 Å². The van der Waals surface area contributed by atoms with Gasteiger partial charge in [0.05, 0.1) is 4.92 Å². The standard InChI is InChI=1S/C20H15FN4O6/c21-13-6-4-12(5-7-13)20-23-17(31-24-20)2-1-3-19(26)29-11-18-22-15-10-14(25(27)28)8-9-16(15)30-18/h4-10H,1-3,11H2. The third kappa shape index (κ3) is 4.89. The first-order valence-corrected chi connectivity index (χ1v) is 9.26. The molecule has 0 aliphatic rings. The zero-order chi connectivity index (χ0) is 21.8. The number of hydrogen-bond donors (Lipinski definition) is 0. The summed E-state index contributed by atoms with van der Waals surface area (Å²) in [5.74, 6) is 0.0165. The fourth-order valence-corrected chi connectivity index (χ4v) is 2.81. The summed E-state index contributed by atoms with van der Waals surface area (Å²) in [6, 6.07) is 9.74. The molecule has 0 fully saturated rings. The first-order chi connectivity index (χ1) is 15.0. The van der Waals surface area contributed by atoms with Crippen LogP contribution in [0.1, 0.15) is 24.6 Å². The summed E-state index contributed by atoms with van der Waals surface area (Å²) < 4.78 is 28.7. The molecule has 0 unspecified atom stereocenters. The normalized spacial score (nSPS) is 11.0. The molecular weight excluding hydrogens is 411 g/mol. The Kier molecular flexibility index (Phi) is 5.65. The largest absolute Gasteiger partial charge is 0.456 e. The van der Waals surface area contributed by atoms with Gasteiger partial charge >= 0.3 is 5.97 Å². The third-order valence-electron chi connectivity index (χ3n) is 4.32. The molecular formula is C20H15FN4O6. The Labute approximate surface area is 173 Å². The van der Waals surface area contributed by atoms with Gasteiger partial charge in [-0.05, 0) is 36.8 Å². The topological polar surface area (TPSA) is 134 Å². The van der Waals surface area contributed by atoms with Crippen molar-refractivity contribution in [2.75, 3.05) is 0 Å². The summed E-state index contributed by atoms with van der Waals surface area (Å²) >= 11 is 0. The number of fused-ring (bicyclic) bond motifs is 1. The van der Waals surface area contributed by atoms with Crippen LogP contribution in [0.3, 0.4) is 0 Å². The van der Waals surface area contributed by atoms with E-state index < -0.39 is 10.9 Å². The second-order valence-electron chi connectivity index (χ2n) is 6.55. The van der Waals surface area contributed by atoms with Crippen molar-refractivity contribution < 1.29 is 27.8 Å². The van der Waals surface area contributed by atoms with Crippen LogP contribution in [-0.2, 0) is 22.6 Å². The smallest absolute Gasteiger partial charge is 0.306 e.